The van der Waals surface area contributed by atoms with Gasteiger partial charge in [-0.05, 0) is 17.7 Å². The third-order valence-corrected chi connectivity index (χ3v) is 4.73. The number of nitrogens with zero attached hydrogens (tertiary/aromatic N) is 4. The highest BCUT2D eigenvalue weighted by Gasteiger charge is 2.33. The molecule has 0 saturated carbocycles. The van der Waals surface area contributed by atoms with Crippen LogP contribution in [-0.4, -0.2) is 37.2 Å². The summed E-state index contributed by atoms with van der Waals surface area (Å²) >= 11 is 0. The summed E-state index contributed by atoms with van der Waals surface area (Å²) in [6.45, 7) is 1.37. The van der Waals surface area contributed by atoms with Gasteiger partial charge < -0.3 is 0 Å². The molecule has 2 rings (SSSR count). The van der Waals surface area contributed by atoms with Crippen molar-refractivity contribution in [3.63, 3.8) is 0 Å². The second kappa shape index (κ2) is 4.41. The first-order chi connectivity index (χ1) is 8.04. The Hall–Kier alpha value is -1.49. The van der Waals surface area contributed by atoms with Crippen LogP contribution in [0.5, 0.6) is 0 Å². The van der Waals surface area contributed by atoms with E-state index in [1.807, 2.05) is 0 Å². The van der Waals surface area contributed by atoms with Gasteiger partial charge in [0.1, 0.15) is 0 Å². The lowest BCUT2D eigenvalue weighted by Crippen LogP contribution is -2.30. The van der Waals surface area contributed by atoms with Crippen molar-refractivity contribution in [2.24, 2.45) is 0 Å². The fraction of sp³-hybridized carbons (Fsp3) is 0.400. The van der Waals surface area contributed by atoms with Crippen molar-refractivity contribution in [2.75, 3.05) is 20.1 Å². The molecule has 0 radical (unpaired) electrons. The Bertz CT molecular complexity index is 547. The smallest absolute Gasteiger partial charge is 0.195 e. The summed E-state index contributed by atoms with van der Waals surface area (Å²) in [5, 5.41) is 8.54. The van der Waals surface area contributed by atoms with E-state index in [1.165, 1.54) is 8.61 Å². The monoisotopic (exact) mass is 253 g/mol. The van der Waals surface area contributed by atoms with Crippen LogP contribution in [0, 0.1) is 5.39 Å². The topological polar surface area (TPSA) is 68.8 Å². The van der Waals surface area contributed by atoms with Gasteiger partial charge in [0.2, 0.25) is 5.39 Å². The Morgan fingerprint density at radius 1 is 1.29 bits per heavy atom. The predicted octanol–water partition coefficient (Wildman–Crippen LogP) is 1.16. The van der Waals surface area contributed by atoms with E-state index in [0.29, 0.717) is 25.3 Å². The number of diazo groups is 1. The maximum Gasteiger partial charge on any atom is 0.385 e. The van der Waals surface area contributed by atoms with Crippen molar-refractivity contribution in [2.45, 2.75) is 6.54 Å². The van der Waals surface area contributed by atoms with Crippen LogP contribution in [0.25, 0.3) is 4.98 Å². The first-order valence-electron chi connectivity index (χ1n) is 5.19. The van der Waals surface area contributed by atoms with Gasteiger partial charge in [0.25, 0.3) is 10.2 Å². The van der Waals surface area contributed by atoms with E-state index in [4.69, 9.17) is 5.39 Å². The minimum atomic E-state index is -3.29. The van der Waals surface area contributed by atoms with Crippen LogP contribution in [0.15, 0.2) is 24.3 Å². The second-order valence-corrected chi connectivity index (χ2v) is 5.96. The zero-order valence-corrected chi connectivity index (χ0v) is 10.3. The van der Waals surface area contributed by atoms with Crippen molar-refractivity contribution in [1.29, 1.82) is 5.39 Å². The lowest BCUT2D eigenvalue weighted by molar-refractivity contribution is 0.445. The summed E-state index contributed by atoms with van der Waals surface area (Å²) in [6.07, 6.45) is 0. The molecule has 90 valence electrons. The zero-order chi connectivity index (χ0) is 12.5. The molecule has 0 unspecified atom stereocenters. The van der Waals surface area contributed by atoms with Crippen LogP contribution in [-0.2, 0) is 16.8 Å². The Morgan fingerprint density at radius 2 is 1.94 bits per heavy atom. The Kier molecular flexibility index (Phi) is 3.11. The molecule has 0 amide bonds. The van der Waals surface area contributed by atoms with Gasteiger partial charge >= 0.3 is 5.69 Å². The van der Waals surface area contributed by atoms with Gasteiger partial charge in [-0.3, -0.25) is 0 Å². The standard InChI is InChI=1S/C10H13N4O2S/c1-13-6-7-14(17(13,15)16)8-9-2-4-10(12-11)5-3-9/h2-5H,6-8H2,1H3/q+1. The number of hydrogen-bond acceptors (Lipinski definition) is 3. The van der Waals surface area contributed by atoms with Gasteiger partial charge in [0.05, 0.1) is 0 Å². The molecule has 0 bridgehead atoms. The maximum absolute atomic E-state index is 11.8. The average Bonchev–Trinajstić information content (AvgIpc) is 2.57. The van der Waals surface area contributed by atoms with Crippen LogP contribution >= 0.6 is 0 Å². The molecule has 6 nitrogen and oxygen atoms in total. The predicted molar refractivity (Wildman–Crippen MR) is 63.1 cm³/mol. The first kappa shape index (κ1) is 12.0. The molecule has 1 fully saturated rings. The van der Waals surface area contributed by atoms with Crippen LogP contribution in [0.1, 0.15) is 5.56 Å². The summed E-state index contributed by atoms with van der Waals surface area (Å²) in [5.41, 5.74) is 1.33. The van der Waals surface area contributed by atoms with Gasteiger partial charge in [0.15, 0.2) is 4.98 Å². The number of hydrogen-bond donors (Lipinski definition) is 0. The zero-order valence-electron chi connectivity index (χ0n) is 9.44. The molecule has 1 aromatic rings. The summed E-state index contributed by atoms with van der Waals surface area (Å²) in [7, 11) is -1.71. The average molecular weight is 253 g/mol. The molecule has 1 aliphatic heterocycles. The summed E-state index contributed by atoms with van der Waals surface area (Å²) in [5.74, 6) is 0. The third-order valence-electron chi connectivity index (χ3n) is 2.80. The molecule has 0 spiro atoms. The van der Waals surface area contributed by atoms with Gasteiger partial charge in [0, 0.05) is 38.8 Å². The van der Waals surface area contributed by atoms with E-state index in [9.17, 15) is 8.42 Å². The van der Waals surface area contributed by atoms with Crippen LogP contribution in [0.3, 0.4) is 0 Å². The minimum Gasteiger partial charge on any atom is -0.195 e. The lowest BCUT2D eigenvalue weighted by atomic mass is 10.2. The van der Waals surface area contributed by atoms with Crippen molar-refractivity contribution in [3.8, 4) is 0 Å². The van der Waals surface area contributed by atoms with Crippen molar-refractivity contribution in [1.82, 2.24) is 8.61 Å². The number of benzene rings is 1. The quantitative estimate of drug-likeness (QED) is 0.743. The van der Waals surface area contributed by atoms with E-state index >= 15 is 0 Å². The van der Waals surface area contributed by atoms with Crippen LogP contribution in [0.2, 0.25) is 0 Å². The van der Waals surface area contributed by atoms with Gasteiger partial charge in [-0.15, -0.1) is 0 Å². The molecule has 0 aromatic heterocycles. The van der Waals surface area contributed by atoms with E-state index < -0.39 is 10.2 Å². The molecule has 1 heterocycles. The van der Waals surface area contributed by atoms with Gasteiger partial charge in [-0.2, -0.15) is 17.0 Å². The fourth-order valence-corrected chi connectivity index (χ4v) is 3.04. The third kappa shape index (κ3) is 2.29. The van der Waals surface area contributed by atoms with E-state index in [1.54, 1.807) is 31.3 Å². The Balaban J connectivity index is 2.14. The van der Waals surface area contributed by atoms with Gasteiger partial charge in [-0.25, -0.2) is 0 Å². The molecule has 1 aliphatic rings. The SMILES string of the molecule is CN1CCN(Cc2ccc([N+]#N)cc2)S1(=O)=O. The normalized spacial score (nSPS) is 20.2. The molecule has 17 heavy (non-hydrogen) atoms. The fourth-order valence-electron chi connectivity index (χ4n) is 1.71. The molecule has 0 N–H and O–H groups in total. The Labute approximate surface area is 100 Å². The van der Waals surface area contributed by atoms with E-state index in [-0.39, 0.29) is 0 Å². The van der Waals surface area contributed by atoms with Crippen molar-refractivity contribution in [3.05, 3.63) is 34.8 Å². The van der Waals surface area contributed by atoms with E-state index in [0.717, 1.165) is 5.56 Å². The van der Waals surface area contributed by atoms with Crippen LogP contribution in [0.4, 0.5) is 5.69 Å². The Morgan fingerprint density at radius 3 is 2.41 bits per heavy atom. The molecule has 7 heteroatoms. The van der Waals surface area contributed by atoms with Crippen molar-refractivity contribution >= 4 is 15.9 Å². The molecule has 1 saturated heterocycles. The van der Waals surface area contributed by atoms with Crippen LogP contribution < -0.4 is 0 Å². The molecular formula is C10H13N4O2S+. The molecule has 0 aliphatic carbocycles. The summed E-state index contributed by atoms with van der Waals surface area (Å²) in [4.78, 5) is 3.04. The lowest BCUT2D eigenvalue weighted by Gasteiger charge is -2.15. The highest BCUT2D eigenvalue weighted by Crippen LogP contribution is 2.19. The molecule has 0 atom stereocenters. The maximum atomic E-state index is 11.8. The highest BCUT2D eigenvalue weighted by molar-refractivity contribution is 7.86. The van der Waals surface area contributed by atoms with E-state index in [2.05, 4.69) is 4.98 Å². The summed E-state index contributed by atoms with van der Waals surface area (Å²) < 4.78 is 26.4. The number of likely N-dealkylation sites (N-methyl/N-ethyl adjacent to an activating group) is 1. The largest absolute Gasteiger partial charge is 0.385 e. The summed E-state index contributed by atoms with van der Waals surface area (Å²) in [6, 6.07) is 6.79. The second-order valence-electron chi connectivity index (χ2n) is 3.93. The van der Waals surface area contributed by atoms with Crippen molar-refractivity contribution < 1.29 is 8.42 Å². The number of rotatable bonds is 2. The molecular weight excluding hydrogens is 240 g/mol. The van der Waals surface area contributed by atoms with Gasteiger partial charge in [-0.1, -0.05) is 0 Å². The molecule has 1 aromatic carbocycles. The highest BCUT2D eigenvalue weighted by atomic mass is 32.2. The minimum absolute atomic E-state index is 0.346. The first-order valence-corrected chi connectivity index (χ1v) is 6.59.